The normalized spacial score (nSPS) is 18.0. The van der Waals surface area contributed by atoms with E-state index in [2.05, 4.69) is 5.32 Å². The molecule has 6 heteroatoms. The van der Waals surface area contributed by atoms with Crippen LogP contribution < -0.4 is 5.32 Å². The quantitative estimate of drug-likeness (QED) is 0.758. The fourth-order valence-corrected chi connectivity index (χ4v) is 3.83. The highest BCUT2D eigenvalue weighted by Crippen LogP contribution is 2.14. The summed E-state index contributed by atoms with van der Waals surface area (Å²) in [5.41, 5.74) is 0. The number of rotatable bonds is 5. The summed E-state index contributed by atoms with van der Waals surface area (Å²) >= 11 is 0. The Bertz CT molecular complexity index is 344. The maximum Gasteiger partial charge on any atom is 0.237 e. The highest BCUT2D eigenvalue weighted by Gasteiger charge is 2.30. The van der Waals surface area contributed by atoms with Crippen molar-refractivity contribution in [2.24, 2.45) is 0 Å². The van der Waals surface area contributed by atoms with Crippen LogP contribution in [0.15, 0.2) is 0 Å². The van der Waals surface area contributed by atoms with Gasteiger partial charge in [0.05, 0.1) is 5.25 Å². The van der Waals surface area contributed by atoms with E-state index in [0.29, 0.717) is 25.9 Å². The number of sulfone groups is 1. The van der Waals surface area contributed by atoms with Gasteiger partial charge >= 0.3 is 0 Å². The average Bonchev–Trinajstić information content (AvgIpc) is 2.31. The summed E-state index contributed by atoms with van der Waals surface area (Å²) in [6.07, 6.45) is 1.24. The van der Waals surface area contributed by atoms with Crippen molar-refractivity contribution < 1.29 is 13.2 Å². The van der Waals surface area contributed by atoms with Crippen LogP contribution >= 0.6 is 0 Å². The molecule has 100 valence electrons. The topological polar surface area (TPSA) is 66.5 Å². The lowest BCUT2D eigenvalue weighted by Crippen LogP contribution is -2.41. The van der Waals surface area contributed by atoms with Gasteiger partial charge in [-0.15, -0.1) is 0 Å². The van der Waals surface area contributed by atoms with Gasteiger partial charge in [-0.3, -0.25) is 4.79 Å². The summed E-state index contributed by atoms with van der Waals surface area (Å²) in [6.45, 7) is 6.30. The van der Waals surface area contributed by atoms with Crippen LogP contribution in [0.1, 0.15) is 26.7 Å². The van der Waals surface area contributed by atoms with Gasteiger partial charge in [0.2, 0.25) is 5.91 Å². The standard InChI is InChI=1S/C11H22N2O3S/c1-3-13(4-2)11(14)9-17(15,16)10-5-7-12-8-6-10/h10,12H,3-9H2,1-2H3. The molecular weight excluding hydrogens is 240 g/mol. The number of piperidine rings is 1. The molecule has 0 atom stereocenters. The molecule has 1 rings (SSSR count). The van der Waals surface area contributed by atoms with Gasteiger partial charge < -0.3 is 10.2 Å². The van der Waals surface area contributed by atoms with Crippen molar-refractivity contribution in [2.75, 3.05) is 31.9 Å². The van der Waals surface area contributed by atoms with Crippen molar-refractivity contribution in [3.8, 4) is 0 Å². The maximum absolute atomic E-state index is 12.1. The van der Waals surface area contributed by atoms with Crippen LogP contribution in [-0.2, 0) is 14.6 Å². The van der Waals surface area contributed by atoms with Crippen LogP contribution in [0.25, 0.3) is 0 Å². The number of carbonyl (C=O) groups excluding carboxylic acids is 1. The fraction of sp³-hybridized carbons (Fsp3) is 0.909. The third kappa shape index (κ3) is 3.96. The van der Waals surface area contributed by atoms with Gasteiger partial charge in [0.15, 0.2) is 9.84 Å². The molecule has 0 saturated carbocycles. The Morgan fingerprint density at radius 3 is 2.24 bits per heavy atom. The number of nitrogens with one attached hydrogen (secondary N) is 1. The first-order chi connectivity index (χ1) is 8.01. The summed E-state index contributed by atoms with van der Waals surface area (Å²) < 4.78 is 24.1. The highest BCUT2D eigenvalue weighted by atomic mass is 32.2. The Labute approximate surface area is 103 Å². The molecule has 0 aromatic heterocycles. The van der Waals surface area contributed by atoms with Gasteiger partial charge in [0, 0.05) is 13.1 Å². The van der Waals surface area contributed by atoms with E-state index in [0.717, 1.165) is 13.1 Å². The van der Waals surface area contributed by atoms with Crippen LogP contribution in [0.4, 0.5) is 0 Å². The second kappa shape index (κ2) is 6.35. The van der Waals surface area contributed by atoms with Crippen molar-refractivity contribution in [1.29, 1.82) is 0 Å². The molecule has 1 saturated heterocycles. The van der Waals surface area contributed by atoms with Gasteiger partial charge in [-0.2, -0.15) is 0 Å². The van der Waals surface area contributed by atoms with Crippen LogP contribution in [-0.4, -0.2) is 56.4 Å². The molecule has 1 aliphatic rings. The fourth-order valence-electron chi connectivity index (χ4n) is 2.11. The highest BCUT2D eigenvalue weighted by molar-refractivity contribution is 7.92. The lowest BCUT2D eigenvalue weighted by atomic mass is 10.2. The van der Waals surface area contributed by atoms with Crippen molar-refractivity contribution in [3.05, 3.63) is 0 Å². The van der Waals surface area contributed by atoms with E-state index in [4.69, 9.17) is 0 Å². The van der Waals surface area contributed by atoms with Gasteiger partial charge in [-0.25, -0.2) is 8.42 Å². The third-order valence-electron chi connectivity index (χ3n) is 3.23. The summed E-state index contributed by atoms with van der Waals surface area (Å²) in [5, 5.41) is 2.78. The van der Waals surface area contributed by atoms with Crippen LogP contribution in [0, 0.1) is 0 Å². The first-order valence-corrected chi connectivity index (χ1v) is 7.92. The monoisotopic (exact) mass is 262 g/mol. The van der Waals surface area contributed by atoms with E-state index in [1.54, 1.807) is 4.90 Å². The predicted octanol–water partition coefficient (Wildman–Crippen LogP) is 0.0216. The number of amides is 1. The molecule has 0 unspecified atom stereocenters. The Morgan fingerprint density at radius 1 is 1.24 bits per heavy atom. The Kier molecular flexibility index (Phi) is 5.39. The molecule has 5 nitrogen and oxygen atoms in total. The van der Waals surface area contributed by atoms with Crippen molar-refractivity contribution in [1.82, 2.24) is 10.2 Å². The zero-order chi connectivity index (χ0) is 12.9. The first-order valence-electron chi connectivity index (χ1n) is 6.21. The van der Waals surface area contributed by atoms with E-state index >= 15 is 0 Å². The number of carbonyl (C=O) groups is 1. The Morgan fingerprint density at radius 2 is 1.76 bits per heavy atom. The summed E-state index contributed by atoms with van der Waals surface area (Å²) in [7, 11) is -3.28. The van der Waals surface area contributed by atoms with Crippen molar-refractivity contribution in [3.63, 3.8) is 0 Å². The zero-order valence-electron chi connectivity index (χ0n) is 10.6. The van der Waals surface area contributed by atoms with Crippen molar-refractivity contribution >= 4 is 15.7 Å². The van der Waals surface area contributed by atoms with Gasteiger partial charge in [-0.1, -0.05) is 0 Å². The van der Waals surface area contributed by atoms with E-state index in [9.17, 15) is 13.2 Å². The number of hydrogen-bond acceptors (Lipinski definition) is 4. The van der Waals surface area contributed by atoms with Gasteiger partial charge in [-0.05, 0) is 39.8 Å². The lowest BCUT2D eigenvalue weighted by molar-refractivity contribution is -0.128. The largest absolute Gasteiger partial charge is 0.342 e. The molecular formula is C11H22N2O3S. The number of nitrogens with zero attached hydrogens (tertiary/aromatic N) is 1. The molecule has 0 aromatic carbocycles. The molecule has 0 aromatic rings. The van der Waals surface area contributed by atoms with E-state index in [-0.39, 0.29) is 16.9 Å². The molecule has 0 spiro atoms. The van der Waals surface area contributed by atoms with Gasteiger partial charge in [0.25, 0.3) is 0 Å². The number of hydrogen-bond donors (Lipinski definition) is 1. The van der Waals surface area contributed by atoms with E-state index in [1.165, 1.54) is 0 Å². The second-order valence-corrected chi connectivity index (χ2v) is 6.60. The van der Waals surface area contributed by atoms with Crippen LogP contribution in [0.3, 0.4) is 0 Å². The molecule has 0 radical (unpaired) electrons. The first kappa shape index (κ1) is 14.4. The van der Waals surface area contributed by atoms with Crippen LogP contribution in [0.2, 0.25) is 0 Å². The molecule has 1 aliphatic heterocycles. The minimum atomic E-state index is -3.28. The molecule has 17 heavy (non-hydrogen) atoms. The lowest BCUT2D eigenvalue weighted by Gasteiger charge is -2.24. The Hall–Kier alpha value is -0.620. The van der Waals surface area contributed by atoms with E-state index < -0.39 is 9.84 Å². The second-order valence-electron chi connectivity index (χ2n) is 4.32. The summed E-state index contributed by atoms with van der Waals surface area (Å²) in [6, 6.07) is 0. The van der Waals surface area contributed by atoms with Gasteiger partial charge in [0.1, 0.15) is 5.75 Å². The SMILES string of the molecule is CCN(CC)C(=O)CS(=O)(=O)C1CCNCC1. The minimum Gasteiger partial charge on any atom is -0.342 e. The average molecular weight is 262 g/mol. The van der Waals surface area contributed by atoms with Crippen molar-refractivity contribution in [2.45, 2.75) is 31.9 Å². The summed E-state index contributed by atoms with van der Waals surface area (Å²) in [5.74, 6) is -0.604. The minimum absolute atomic E-state index is 0.270. The Balaban J connectivity index is 2.62. The van der Waals surface area contributed by atoms with E-state index in [1.807, 2.05) is 13.8 Å². The smallest absolute Gasteiger partial charge is 0.237 e. The molecule has 1 heterocycles. The maximum atomic E-state index is 12.1. The predicted molar refractivity (Wildman–Crippen MR) is 67.6 cm³/mol. The molecule has 1 amide bonds. The summed E-state index contributed by atoms with van der Waals surface area (Å²) in [4.78, 5) is 13.4. The zero-order valence-corrected chi connectivity index (χ0v) is 11.4. The third-order valence-corrected chi connectivity index (χ3v) is 5.37. The molecule has 0 aliphatic carbocycles. The molecule has 1 N–H and O–H groups in total. The molecule has 1 fully saturated rings. The van der Waals surface area contributed by atoms with Crippen LogP contribution in [0.5, 0.6) is 0 Å². The molecule has 0 bridgehead atoms.